The SMILES string of the molecule is COc1ccc(CCN(C)C(=O)c2ccc(-c3nc4cc(C(=O)O)ccc4n3C3CCCCC3)cc2)cc1OC. The molecular weight excluding hydrogens is 506 g/mol. The van der Waals surface area contributed by atoms with Crippen molar-refractivity contribution in [3.05, 3.63) is 77.4 Å². The molecule has 1 aromatic heterocycles. The predicted octanol–water partition coefficient (Wildman–Crippen LogP) is 6.24. The van der Waals surface area contributed by atoms with Crippen LogP contribution in [0.2, 0.25) is 0 Å². The summed E-state index contributed by atoms with van der Waals surface area (Å²) in [5.74, 6) is 1.14. The van der Waals surface area contributed by atoms with Crippen LogP contribution in [0.15, 0.2) is 60.7 Å². The maximum atomic E-state index is 13.2. The summed E-state index contributed by atoms with van der Waals surface area (Å²) in [6, 6.07) is 18.8. The molecule has 0 atom stereocenters. The van der Waals surface area contributed by atoms with E-state index >= 15 is 0 Å². The number of carboxylic acid groups (broad SMARTS) is 1. The lowest BCUT2D eigenvalue weighted by Gasteiger charge is -2.25. The molecule has 208 valence electrons. The van der Waals surface area contributed by atoms with Crippen molar-refractivity contribution in [1.82, 2.24) is 14.5 Å². The summed E-state index contributed by atoms with van der Waals surface area (Å²) < 4.78 is 13.0. The Morgan fingerprint density at radius 1 is 0.925 bits per heavy atom. The summed E-state index contributed by atoms with van der Waals surface area (Å²) in [6.45, 7) is 0.555. The van der Waals surface area contributed by atoms with Crippen molar-refractivity contribution in [3.63, 3.8) is 0 Å². The highest BCUT2D eigenvalue weighted by Crippen LogP contribution is 2.36. The van der Waals surface area contributed by atoms with E-state index in [0.29, 0.717) is 41.6 Å². The third-order valence-corrected chi connectivity index (χ3v) is 7.80. The number of hydrogen-bond donors (Lipinski definition) is 1. The molecule has 1 saturated carbocycles. The van der Waals surface area contributed by atoms with Crippen molar-refractivity contribution in [2.24, 2.45) is 0 Å². The summed E-state index contributed by atoms with van der Waals surface area (Å²) in [5, 5.41) is 9.48. The largest absolute Gasteiger partial charge is 0.493 e. The second kappa shape index (κ2) is 11.8. The molecule has 1 fully saturated rings. The number of imidazole rings is 1. The second-order valence-corrected chi connectivity index (χ2v) is 10.3. The van der Waals surface area contributed by atoms with Gasteiger partial charge in [-0.2, -0.15) is 0 Å². The molecule has 1 aliphatic carbocycles. The van der Waals surface area contributed by atoms with Crippen LogP contribution in [0.3, 0.4) is 0 Å². The van der Waals surface area contributed by atoms with Gasteiger partial charge in [0.25, 0.3) is 5.91 Å². The number of ether oxygens (including phenoxy) is 2. The molecule has 1 amide bonds. The molecule has 4 aromatic rings. The summed E-state index contributed by atoms with van der Waals surface area (Å²) in [4.78, 5) is 31.4. The normalized spacial score (nSPS) is 13.8. The minimum absolute atomic E-state index is 0.0566. The number of carbonyl (C=O) groups is 2. The number of rotatable bonds is 9. The van der Waals surface area contributed by atoms with E-state index in [1.807, 2.05) is 48.5 Å². The second-order valence-electron chi connectivity index (χ2n) is 10.3. The Bertz CT molecular complexity index is 1520. The van der Waals surface area contributed by atoms with Crippen molar-refractivity contribution < 1.29 is 24.2 Å². The van der Waals surface area contributed by atoms with Gasteiger partial charge in [-0.15, -0.1) is 0 Å². The fraction of sp³-hybridized carbons (Fsp3) is 0.344. The highest BCUT2D eigenvalue weighted by Gasteiger charge is 2.23. The van der Waals surface area contributed by atoms with Crippen LogP contribution in [0.1, 0.15) is 64.4 Å². The molecule has 1 N–H and O–H groups in total. The molecule has 40 heavy (non-hydrogen) atoms. The van der Waals surface area contributed by atoms with E-state index in [2.05, 4.69) is 4.57 Å². The van der Waals surface area contributed by atoms with Crippen molar-refractivity contribution >= 4 is 22.9 Å². The van der Waals surface area contributed by atoms with Crippen molar-refractivity contribution in [3.8, 4) is 22.9 Å². The van der Waals surface area contributed by atoms with Gasteiger partial charge in [-0.25, -0.2) is 9.78 Å². The Morgan fingerprint density at radius 3 is 2.30 bits per heavy atom. The van der Waals surface area contributed by atoms with Crippen LogP contribution in [0.25, 0.3) is 22.4 Å². The maximum absolute atomic E-state index is 13.2. The molecule has 0 radical (unpaired) electrons. The minimum Gasteiger partial charge on any atom is -0.493 e. The van der Waals surface area contributed by atoms with Gasteiger partial charge in [-0.3, -0.25) is 4.79 Å². The van der Waals surface area contributed by atoms with Gasteiger partial charge in [-0.05, 0) is 67.3 Å². The lowest BCUT2D eigenvalue weighted by molar-refractivity contribution is 0.0696. The molecule has 5 rings (SSSR count). The Balaban J connectivity index is 1.36. The number of methoxy groups -OCH3 is 2. The first-order valence-electron chi connectivity index (χ1n) is 13.7. The van der Waals surface area contributed by atoms with Gasteiger partial charge in [0, 0.05) is 30.8 Å². The Hall–Kier alpha value is -4.33. The number of carboxylic acids is 1. The zero-order valence-corrected chi connectivity index (χ0v) is 23.2. The first-order valence-corrected chi connectivity index (χ1v) is 13.7. The smallest absolute Gasteiger partial charge is 0.335 e. The lowest BCUT2D eigenvalue weighted by atomic mass is 9.94. The van der Waals surface area contributed by atoms with E-state index in [1.165, 1.54) is 19.3 Å². The predicted molar refractivity (Wildman–Crippen MR) is 154 cm³/mol. The average Bonchev–Trinajstić information content (AvgIpc) is 3.38. The van der Waals surface area contributed by atoms with Crippen LogP contribution in [0, 0.1) is 0 Å². The van der Waals surface area contributed by atoms with Crippen LogP contribution < -0.4 is 9.47 Å². The third-order valence-electron chi connectivity index (χ3n) is 7.80. The van der Waals surface area contributed by atoms with E-state index in [1.54, 1.807) is 38.3 Å². The highest BCUT2D eigenvalue weighted by atomic mass is 16.5. The molecule has 8 nitrogen and oxygen atoms in total. The van der Waals surface area contributed by atoms with Gasteiger partial charge in [-0.1, -0.05) is 37.5 Å². The van der Waals surface area contributed by atoms with E-state index in [-0.39, 0.29) is 11.5 Å². The van der Waals surface area contributed by atoms with Gasteiger partial charge in [0.2, 0.25) is 0 Å². The topological polar surface area (TPSA) is 93.9 Å². The number of carbonyl (C=O) groups excluding carboxylic acids is 1. The number of likely N-dealkylation sites (N-methyl/N-ethyl adjacent to an activating group) is 1. The fourth-order valence-electron chi connectivity index (χ4n) is 5.56. The average molecular weight is 542 g/mol. The number of aromatic nitrogens is 2. The van der Waals surface area contributed by atoms with Crippen molar-refractivity contribution in [2.45, 2.75) is 44.6 Å². The van der Waals surface area contributed by atoms with Crippen molar-refractivity contribution in [1.29, 1.82) is 0 Å². The minimum atomic E-state index is -0.964. The highest BCUT2D eigenvalue weighted by molar-refractivity contribution is 5.95. The number of aromatic carboxylic acids is 1. The lowest BCUT2D eigenvalue weighted by Crippen LogP contribution is -2.28. The van der Waals surface area contributed by atoms with Gasteiger partial charge < -0.3 is 24.0 Å². The maximum Gasteiger partial charge on any atom is 0.335 e. The van der Waals surface area contributed by atoms with Gasteiger partial charge in [0.15, 0.2) is 11.5 Å². The van der Waals surface area contributed by atoms with Gasteiger partial charge in [0.05, 0.1) is 30.8 Å². The quantitative estimate of drug-likeness (QED) is 0.270. The Morgan fingerprint density at radius 2 is 1.62 bits per heavy atom. The van der Waals surface area contributed by atoms with Crippen LogP contribution in [-0.4, -0.2) is 59.2 Å². The standard InChI is InChI=1S/C32H35N3O5/c1-34(18-17-21-9-16-28(39-2)29(19-21)40-3)31(36)23-12-10-22(11-13-23)30-33-26-20-24(32(37)38)14-15-27(26)35(30)25-7-5-4-6-8-25/h9-16,19-20,25H,4-8,17-18H2,1-3H3,(H,37,38). The zero-order chi connectivity index (χ0) is 28.2. The summed E-state index contributed by atoms with van der Waals surface area (Å²) in [6.07, 6.45) is 6.39. The first-order chi connectivity index (χ1) is 19.4. The molecule has 0 aliphatic heterocycles. The molecule has 0 saturated heterocycles. The Labute approximate surface area is 234 Å². The van der Waals surface area contributed by atoms with Gasteiger partial charge in [0.1, 0.15) is 5.82 Å². The molecule has 1 heterocycles. The fourth-order valence-corrected chi connectivity index (χ4v) is 5.56. The molecular formula is C32H35N3O5. The van der Waals surface area contributed by atoms with Crippen LogP contribution in [0.4, 0.5) is 0 Å². The molecule has 0 unspecified atom stereocenters. The number of amides is 1. The van der Waals surface area contributed by atoms with E-state index < -0.39 is 5.97 Å². The number of benzene rings is 3. The molecule has 1 aliphatic rings. The van der Waals surface area contributed by atoms with Crippen LogP contribution in [0.5, 0.6) is 11.5 Å². The zero-order valence-electron chi connectivity index (χ0n) is 23.2. The summed E-state index contributed by atoms with van der Waals surface area (Å²) in [7, 11) is 5.02. The van der Waals surface area contributed by atoms with Crippen molar-refractivity contribution in [2.75, 3.05) is 27.8 Å². The number of hydrogen-bond acceptors (Lipinski definition) is 5. The monoisotopic (exact) mass is 541 g/mol. The first kappa shape index (κ1) is 27.2. The molecule has 0 spiro atoms. The summed E-state index contributed by atoms with van der Waals surface area (Å²) in [5.41, 5.74) is 4.41. The van der Waals surface area contributed by atoms with Crippen LogP contribution in [-0.2, 0) is 6.42 Å². The van der Waals surface area contributed by atoms with E-state index in [0.717, 1.165) is 35.3 Å². The summed E-state index contributed by atoms with van der Waals surface area (Å²) >= 11 is 0. The van der Waals surface area contributed by atoms with E-state index in [9.17, 15) is 14.7 Å². The number of fused-ring (bicyclic) bond motifs is 1. The van der Waals surface area contributed by atoms with Crippen LogP contribution >= 0.6 is 0 Å². The molecule has 8 heteroatoms. The van der Waals surface area contributed by atoms with E-state index in [4.69, 9.17) is 14.5 Å². The molecule has 3 aromatic carbocycles. The van der Waals surface area contributed by atoms with Gasteiger partial charge >= 0.3 is 5.97 Å². The number of nitrogens with zero attached hydrogens (tertiary/aromatic N) is 3. The Kier molecular flexibility index (Phi) is 8.05. The molecule has 0 bridgehead atoms. The third kappa shape index (κ3) is 5.52.